The molecule has 0 aliphatic carbocycles. The Morgan fingerprint density at radius 2 is 1.95 bits per heavy atom. The van der Waals surface area contributed by atoms with Crippen LogP contribution >= 0.6 is 23.2 Å². The molecule has 112 valence electrons. The molecule has 0 saturated carbocycles. The van der Waals surface area contributed by atoms with Crippen molar-refractivity contribution in [3.05, 3.63) is 22.2 Å². The SMILES string of the molecule is CCNCCC(=O)Nc1cc(Cl)c(OC(F)F)c(Cl)c1. The van der Waals surface area contributed by atoms with E-state index in [4.69, 9.17) is 23.2 Å². The number of amides is 1. The van der Waals surface area contributed by atoms with E-state index in [0.29, 0.717) is 12.2 Å². The summed E-state index contributed by atoms with van der Waals surface area (Å²) in [4.78, 5) is 11.6. The lowest BCUT2D eigenvalue weighted by atomic mass is 10.3. The summed E-state index contributed by atoms with van der Waals surface area (Å²) in [6.45, 7) is 0.214. The van der Waals surface area contributed by atoms with Crippen LogP contribution < -0.4 is 15.4 Å². The highest BCUT2D eigenvalue weighted by Gasteiger charge is 2.15. The van der Waals surface area contributed by atoms with Crippen LogP contribution in [0.3, 0.4) is 0 Å². The van der Waals surface area contributed by atoms with Crippen molar-refractivity contribution in [1.29, 1.82) is 0 Å². The number of ether oxygens (including phenoxy) is 1. The number of hydrogen-bond donors (Lipinski definition) is 2. The Morgan fingerprint density at radius 1 is 1.35 bits per heavy atom. The molecule has 0 heterocycles. The number of nitrogens with one attached hydrogen (secondary N) is 2. The maximum absolute atomic E-state index is 12.1. The molecule has 0 spiro atoms. The summed E-state index contributed by atoms with van der Waals surface area (Å²) in [5, 5.41) is 5.38. The van der Waals surface area contributed by atoms with Gasteiger partial charge in [-0.25, -0.2) is 0 Å². The van der Waals surface area contributed by atoms with Crippen LogP contribution in [0.15, 0.2) is 12.1 Å². The van der Waals surface area contributed by atoms with Crippen LogP contribution in [0.2, 0.25) is 10.0 Å². The van der Waals surface area contributed by atoms with E-state index >= 15 is 0 Å². The van der Waals surface area contributed by atoms with Gasteiger partial charge in [0.2, 0.25) is 5.91 Å². The number of alkyl halides is 2. The van der Waals surface area contributed by atoms with Gasteiger partial charge in [-0.1, -0.05) is 30.1 Å². The van der Waals surface area contributed by atoms with Gasteiger partial charge in [-0.15, -0.1) is 0 Å². The fourth-order valence-corrected chi connectivity index (χ4v) is 2.01. The number of rotatable bonds is 7. The van der Waals surface area contributed by atoms with E-state index in [2.05, 4.69) is 15.4 Å². The van der Waals surface area contributed by atoms with E-state index in [-0.39, 0.29) is 28.1 Å². The largest absolute Gasteiger partial charge is 0.432 e. The zero-order valence-electron chi connectivity index (χ0n) is 10.7. The lowest BCUT2D eigenvalue weighted by molar-refractivity contribution is -0.116. The smallest absolute Gasteiger partial charge is 0.387 e. The Balaban J connectivity index is 2.71. The van der Waals surface area contributed by atoms with E-state index in [1.165, 1.54) is 12.1 Å². The highest BCUT2D eigenvalue weighted by Crippen LogP contribution is 2.36. The molecule has 0 aromatic heterocycles. The second-order valence-electron chi connectivity index (χ2n) is 3.80. The quantitative estimate of drug-likeness (QED) is 0.753. The molecule has 2 N–H and O–H groups in total. The third-order valence-electron chi connectivity index (χ3n) is 2.27. The molecule has 1 aromatic rings. The van der Waals surface area contributed by atoms with E-state index in [1.807, 2.05) is 6.92 Å². The molecule has 0 radical (unpaired) electrons. The van der Waals surface area contributed by atoms with Crippen molar-refractivity contribution in [2.75, 3.05) is 18.4 Å². The second-order valence-corrected chi connectivity index (χ2v) is 4.61. The number of halogens is 4. The van der Waals surface area contributed by atoms with Crippen molar-refractivity contribution in [1.82, 2.24) is 5.32 Å². The summed E-state index contributed by atoms with van der Waals surface area (Å²) in [7, 11) is 0. The molecular formula is C12H14Cl2F2N2O2. The Labute approximate surface area is 125 Å². The first-order chi connectivity index (χ1) is 9.43. The molecule has 8 heteroatoms. The molecule has 1 amide bonds. The maximum Gasteiger partial charge on any atom is 0.387 e. The van der Waals surface area contributed by atoms with Gasteiger partial charge < -0.3 is 15.4 Å². The lowest BCUT2D eigenvalue weighted by Crippen LogP contribution is -2.21. The predicted molar refractivity (Wildman–Crippen MR) is 74.9 cm³/mol. The number of carbonyl (C=O) groups excluding carboxylic acids is 1. The molecule has 20 heavy (non-hydrogen) atoms. The summed E-state index contributed by atoms with van der Waals surface area (Å²) in [5.74, 6) is -0.547. The third kappa shape index (κ3) is 5.48. The van der Waals surface area contributed by atoms with Crippen LogP contribution in [0.25, 0.3) is 0 Å². The Bertz CT molecular complexity index is 450. The van der Waals surface area contributed by atoms with E-state index < -0.39 is 6.61 Å². The van der Waals surface area contributed by atoms with Crippen LogP contribution in [0, 0.1) is 0 Å². The summed E-state index contributed by atoms with van der Waals surface area (Å²) in [6, 6.07) is 2.60. The fraction of sp³-hybridized carbons (Fsp3) is 0.417. The van der Waals surface area contributed by atoms with Crippen LogP contribution in [-0.4, -0.2) is 25.6 Å². The van der Waals surface area contributed by atoms with Crippen LogP contribution in [0.4, 0.5) is 14.5 Å². The summed E-state index contributed by atoms with van der Waals surface area (Å²) < 4.78 is 28.5. The number of anilines is 1. The van der Waals surface area contributed by atoms with Crippen molar-refractivity contribution >= 4 is 34.8 Å². The van der Waals surface area contributed by atoms with Gasteiger partial charge >= 0.3 is 6.61 Å². The highest BCUT2D eigenvalue weighted by atomic mass is 35.5. The molecular weight excluding hydrogens is 313 g/mol. The van der Waals surface area contributed by atoms with Gasteiger partial charge in [-0.2, -0.15) is 8.78 Å². The second kappa shape index (κ2) is 8.24. The Morgan fingerprint density at radius 3 is 2.45 bits per heavy atom. The van der Waals surface area contributed by atoms with Crippen molar-refractivity contribution in [3.63, 3.8) is 0 Å². The van der Waals surface area contributed by atoms with Gasteiger partial charge in [0, 0.05) is 18.7 Å². The van der Waals surface area contributed by atoms with Gasteiger partial charge in [-0.05, 0) is 18.7 Å². The summed E-state index contributed by atoms with van der Waals surface area (Å²) in [6.07, 6.45) is 0.276. The molecule has 0 saturated heterocycles. The average molecular weight is 327 g/mol. The first-order valence-electron chi connectivity index (χ1n) is 5.88. The van der Waals surface area contributed by atoms with Crippen molar-refractivity contribution in [2.45, 2.75) is 20.0 Å². The average Bonchev–Trinajstić information content (AvgIpc) is 2.34. The number of benzene rings is 1. The van der Waals surface area contributed by atoms with Crippen LogP contribution in [-0.2, 0) is 4.79 Å². The first kappa shape index (κ1) is 16.9. The van der Waals surface area contributed by atoms with Crippen molar-refractivity contribution < 1.29 is 18.3 Å². The Hall–Kier alpha value is -1.11. The molecule has 1 aromatic carbocycles. The zero-order valence-corrected chi connectivity index (χ0v) is 12.2. The Kier molecular flexibility index (Phi) is 6.98. The maximum atomic E-state index is 12.1. The predicted octanol–water partition coefficient (Wildman–Crippen LogP) is 3.53. The molecule has 0 unspecified atom stereocenters. The van der Waals surface area contributed by atoms with Crippen LogP contribution in [0.1, 0.15) is 13.3 Å². The van der Waals surface area contributed by atoms with Crippen molar-refractivity contribution in [2.24, 2.45) is 0 Å². The number of carbonyl (C=O) groups is 1. The minimum atomic E-state index is -3.02. The lowest BCUT2D eigenvalue weighted by Gasteiger charge is -2.11. The number of hydrogen-bond acceptors (Lipinski definition) is 3. The molecule has 0 atom stereocenters. The standard InChI is InChI=1S/C12H14Cl2F2N2O2/c1-2-17-4-3-10(19)18-7-5-8(13)11(9(14)6-7)20-12(15)16/h5-6,12,17H,2-4H2,1H3,(H,18,19). The molecule has 1 rings (SSSR count). The first-order valence-corrected chi connectivity index (χ1v) is 6.64. The van der Waals surface area contributed by atoms with E-state index in [0.717, 1.165) is 6.54 Å². The fourth-order valence-electron chi connectivity index (χ4n) is 1.44. The van der Waals surface area contributed by atoms with Gasteiger partial charge in [0.05, 0.1) is 10.0 Å². The van der Waals surface area contributed by atoms with E-state index in [1.54, 1.807) is 0 Å². The summed E-state index contributed by atoms with van der Waals surface area (Å²) >= 11 is 11.6. The molecule has 0 fully saturated rings. The van der Waals surface area contributed by atoms with Gasteiger partial charge in [0.1, 0.15) is 0 Å². The van der Waals surface area contributed by atoms with Gasteiger partial charge in [0.25, 0.3) is 0 Å². The van der Waals surface area contributed by atoms with Crippen molar-refractivity contribution in [3.8, 4) is 5.75 Å². The zero-order chi connectivity index (χ0) is 15.1. The van der Waals surface area contributed by atoms with Gasteiger partial charge in [0.15, 0.2) is 5.75 Å². The monoisotopic (exact) mass is 326 g/mol. The minimum Gasteiger partial charge on any atom is -0.432 e. The molecule has 0 aliphatic rings. The minimum absolute atomic E-state index is 0.0974. The highest BCUT2D eigenvalue weighted by molar-refractivity contribution is 6.37. The molecule has 4 nitrogen and oxygen atoms in total. The molecule has 0 bridgehead atoms. The van der Waals surface area contributed by atoms with E-state index in [9.17, 15) is 13.6 Å². The topological polar surface area (TPSA) is 50.4 Å². The normalized spacial score (nSPS) is 10.7. The molecule has 0 aliphatic heterocycles. The third-order valence-corrected chi connectivity index (χ3v) is 2.83. The summed E-state index contributed by atoms with van der Waals surface area (Å²) in [5.41, 5.74) is 0.322. The van der Waals surface area contributed by atoms with Crippen LogP contribution in [0.5, 0.6) is 5.75 Å². The van der Waals surface area contributed by atoms with Gasteiger partial charge in [-0.3, -0.25) is 4.79 Å².